The Labute approximate surface area is 165 Å². The van der Waals surface area contributed by atoms with Gasteiger partial charge in [0.1, 0.15) is 0 Å². The molecule has 0 bridgehead atoms. The van der Waals surface area contributed by atoms with Crippen LogP contribution in [0.3, 0.4) is 0 Å². The van der Waals surface area contributed by atoms with E-state index in [1.807, 2.05) is 49.4 Å². The predicted molar refractivity (Wildman–Crippen MR) is 109 cm³/mol. The van der Waals surface area contributed by atoms with E-state index in [2.05, 4.69) is 5.32 Å². The van der Waals surface area contributed by atoms with Crippen LogP contribution in [-0.4, -0.2) is 31.6 Å². The van der Waals surface area contributed by atoms with Gasteiger partial charge in [-0.2, -0.15) is 0 Å². The van der Waals surface area contributed by atoms with Crippen molar-refractivity contribution in [3.63, 3.8) is 0 Å². The van der Waals surface area contributed by atoms with Gasteiger partial charge in [-0.1, -0.05) is 12.1 Å². The molecule has 0 atom stereocenters. The lowest BCUT2D eigenvalue weighted by atomic mass is 10.1. The summed E-state index contributed by atoms with van der Waals surface area (Å²) in [7, 11) is 0. The van der Waals surface area contributed by atoms with Crippen LogP contribution in [0.2, 0.25) is 0 Å². The summed E-state index contributed by atoms with van der Waals surface area (Å²) in [6.07, 6.45) is 1.79. The van der Waals surface area contributed by atoms with E-state index in [1.165, 1.54) is 0 Å². The number of rotatable bonds is 8. The highest BCUT2D eigenvalue weighted by Gasteiger charge is 2.22. The zero-order chi connectivity index (χ0) is 19.9. The smallest absolute Gasteiger partial charge is 0.224 e. The Morgan fingerprint density at radius 1 is 1.11 bits per heavy atom. The molecule has 1 heterocycles. The third kappa shape index (κ3) is 4.82. The van der Waals surface area contributed by atoms with E-state index in [1.54, 1.807) is 11.8 Å². The molecule has 6 nitrogen and oxygen atoms in total. The van der Waals surface area contributed by atoms with Gasteiger partial charge in [0, 0.05) is 31.3 Å². The number of benzene rings is 2. The first-order valence-electron chi connectivity index (χ1n) is 9.64. The average molecular weight is 382 g/mol. The molecule has 0 aromatic heterocycles. The predicted octanol–water partition coefficient (Wildman–Crippen LogP) is 3.79. The van der Waals surface area contributed by atoms with Gasteiger partial charge in [0.25, 0.3) is 0 Å². The molecule has 2 aromatic rings. The van der Waals surface area contributed by atoms with Crippen LogP contribution in [-0.2, 0) is 16.0 Å². The second kappa shape index (κ2) is 9.26. The molecule has 3 rings (SSSR count). The number of carbonyl (C=O) groups excluding carboxylic acids is 2. The number of nitrogens with zero attached hydrogens (tertiary/aromatic N) is 1. The second-order valence-corrected chi connectivity index (χ2v) is 6.64. The molecular weight excluding hydrogens is 356 g/mol. The van der Waals surface area contributed by atoms with Crippen molar-refractivity contribution in [2.24, 2.45) is 0 Å². The second-order valence-electron chi connectivity index (χ2n) is 6.64. The third-order valence-corrected chi connectivity index (χ3v) is 4.59. The molecule has 0 saturated carbocycles. The minimum absolute atomic E-state index is 0.0430. The molecule has 2 aromatic carbocycles. The van der Waals surface area contributed by atoms with Crippen LogP contribution >= 0.6 is 0 Å². The molecule has 148 valence electrons. The molecule has 0 spiro atoms. The van der Waals surface area contributed by atoms with Gasteiger partial charge in [-0.25, -0.2) is 0 Å². The van der Waals surface area contributed by atoms with Gasteiger partial charge in [0.15, 0.2) is 11.5 Å². The van der Waals surface area contributed by atoms with Crippen molar-refractivity contribution in [1.82, 2.24) is 0 Å². The van der Waals surface area contributed by atoms with E-state index >= 15 is 0 Å². The number of anilines is 2. The molecule has 28 heavy (non-hydrogen) atoms. The Bertz CT molecular complexity index is 850. The van der Waals surface area contributed by atoms with Crippen LogP contribution in [0.1, 0.15) is 32.3 Å². The lowest BCUT2D eigenvalue weighted by Crippen LogP contribution is -2.25. The van der Waals surface area contributed by atoms with Crippen LogP contribution < -0.4 is 19.7 Å². The lowest BCUT2D eigenvalue weighted by molar-refractivity contribution is -0.117. The molecule has 0 unspecified atom stereocenters. The Morgan fingerprint density at radius 3 is 2.57 bits per heavy atom. The highest BCUT2D eigenvalue weighted by atomic mass is 16.5. The number of hydrogen-bond acceptors (Lipinski definition) is 4. The number of hydrogen-bond donors (Lipinski definition) is 1. The molecule has 0 aliphatic carbocycles. The SMILES string of the molecule is CCOc1ccccc1OCCCC(=O)Nc1ccc2c(c1)CCN2C(C)=O. The highest BCUT2D eigenvalue weighted by molar-refractivity contribution is 5.95. The summed E-state index contributed by atoms with van der Waals surface area (Å²) in [4.78, 5) is 25.6. The van der Waals surface area contributed by atoms with Gasteiger partial charge >= 0.3 is 0 Å². The normalized spacial score (nSPS) is 12.4. The van der Waals surface area contributed by atoms with E-state index in [4.69, 9.17) is 9.47 Å². The Balaban J connectivity index is 1.46. The first-order chi connectivity index (χ1) is 13.6. The van der Waals surface area contributed by atoms with Gasteiger partial charge in [-0.3, -0.25) is 9.59 Å². The standard InChI is InChI=1S/C22H26N2O4/c1-3-27-20-7-4-5-8-21(20)28-14-6-9-22(26)23-18-10-11-19-17(15-18)12-13-24(19)16(2)25/h4-5,7-8,10-11,15H,3,6,9,12-14H2,1-2H3,(H,23,26). The number of carbonyl (C=O) groups is 2. The monoisotopic (exact) mass is 382 g/mol. The first-order valence-corrected chi connectivity index (χ1v) is 9.64. The zero-order valence-electron chi connectivity index (χ0n) is 16.4. The summed E-state index contributed by atoms with van der Waals surface area (Å²) < 4.78 is 11.3. The fourth-order valence-electron chi connectivity index (χ4n) is 3.29. The molecule has 0 radical (unpaired) electrons. The largest absolute Gasteiger partial charge is 0.490 e. The summed E-state index contributed by atoms with van der Waals surface area (Å²) >= 11 is 0. The fourth-order valence-corrected chi connectivity index (χ4v) is 3.29. The minimum Gasteiger partial charge on any atom is -0.490 e. The molecule has 2 amide bonds. The summed E-state index contributed by atoms with van der Waals surface area (Å²) in [5.74, 6) is 1.40. The summed E-state index contributed by atoms with van der Waals surface area (Å²) in [6.45, 7) is 5.21. The molecular formula is C22H26N2O4. The zero-order valence-corrected chi connectivity index (χ0v) is 16.4. The van der Waals surface area contributed by atoms with E-state index in [9.17, 15) is 9.59 Å². The van der Waals surface area contributed by atoms with Crippen molar-refractivity contribution in [2.45, 2.75) is 33.1 Å². The Morgan fingerprint density at radius 2 is 1.86 bits per heavy atom. The summed E-state index contributed by atoms with van der Waals surface area (Å²) in [6, 6.07) is 13.2. The average Bonchev–Trinajstić information content (AvgIpc) is 3.10. The Hall–Kier alpha value is -3.02. The van der Waals surface area contributed by atoms with E-state index < -0.39 is 0 Å². The molecule has 0 fully saturated rings. The van der Waals surface area contributed by atoms with E-state index in [0.29, 0.717) is 44.1 Å². The highest BCUT2D eigenvalue weighted by Crippen LogP contribution is 2.30. The maximum absolute atomic E-state index is 12.2. The van der Waals surface area contributed by atoms with Crippen LogP contribution in [0.25, 0.3) is 0 Å². The number of amides is 2. The summed E-state index contributed by atoms with van der Waals surface area (Å²) in [5, 5.41) is 2.92. The van der Waals surface area contributed by atoms with Crippen LogP contribution in [0, 0.1) is 0 Å². The van der Waals surface area contributed by atoms with Crippen LogP contribution in [0.15, 0.2) is 42.5 Å². The van der Waals surface area contributed by atoms with Crippen LogP contribution in [0.5, 0.6) is 11.5 Å². The van der Waals surface area contributed by atoms with E-state index in [0.717, 1.165) is 23.4 Å². The van der Waals surface area contributed by atoms with Crippen molar-refractivity contribution in [1.29, 1.82) is 0 Å². The quantitative estimate of drug-likeness (QED) is 0.706. The van der Waals surface area contributed by atoms with Crippen molar-refractivity contribution in [2.75, 3.05) is 30.0 Å². The number of fused-ring (bicyclic) bond motifs is 1. The Kier molecular flexibility index (Phi) is 6.53. The molecule has 0 saturated heterocycles. The van der Waals surface area contributed by atoms with Gasteiger partial charge < -0.3 is 19.7 Å². The lowest BCUT2D eigenvalue weighted by Gasteiger charge is -2.15. The third-order valence-electron chi connectivity index (χ3n) is 4.59. The summed E-state index contributed by atoms with van der Waals surface area (Å²) in [5.41, 5.74) is 2.78. The van der Waals surface area contributed by atoms with Crippen molar-refractivity contribution in [3.05, 3.63) is 48.0 Å². The molecule has 1 N–H and O–H groups in total. The van der Waals surface area contributed by atoms with Gasteiger partial charge in [0.2, 0.25) is 11.8 Å². The van der Waals surface area contributed by atoms with Gasteiger partial charge in [-0.15, -0.1) is 0 Å². The van der Waals surface area contributed by atoms with Crippen molar-refractivity contribution >= 4 is 23.2 Å². The first kappa shape index (κ1) is 19.7. The van der Waals surface area contributed by atoms with Gasteiger partial charge in [-0.05, 0) is 55.7 Å². The maximum atomic E-state index is 12.2. The van der Waals surface area contributed by atoms with Crippen LogP contribution in [0.4, 0.5) is 11.4 Å². The molecule has 1 aliphatic rings. The van der Waals surface area contributed by atoms with E-state index in [-0.39, 0.29) is 11.8 Å². The number of ether oxygens (including phenoxy) is 2. The number of para-hydroxylation sites is 2. The molecule has 1 aliphatic heterocycles. The van der Waals surface area contributed by atoms with Gasteiger partial charge in [0.05, 0.1) is 13.2 Å². The maximum Gasteiger partial charge on any atom is 0.224 e. The minimum atomic E-state index is -0.0527. The molecule has 6 heteroatoms. The topological polar surface area (TPSA) is 67.9 Å². The number of nitrogens with one attached hydrogen (secondary N) is 1. The van der Waals surface area contributed by atoms with Crippen molar-refractivity contribution in [3.8, 4) is 11.5 Å². The van der Waals surface area contributed by atoms with Crippen molar-refractivity contribution < 1.29 is 19.1 Å². The fraction of sp³-hybridized carbons (Fsp3) is 0.364.